The number of carbonyl (C=O) groups excluding carboxylic acids is 1. The van der Waals surface area contributed by atoms with E-state index in [0.717, 1.165) is 0 Å². The largest absolute Gasteiger partial charge is 0.508 e. The molecule has 0 unspecified atom stereocenters. The van der Waals surface area contributed by atoms with Crippen molar-refractivity contribution in [2.45, 2.75) is 32.9 Å². The number of halogens is 1. The van der Waals surface area contributed by atoms with Crippen molar-refractivity contribution >= 4 is 17.7 Å². The second-order valence-electron chi connectivity index (χ2n) is 4.63. The van der Waals surface area contributed by atoms with Crippen LogP contribution in [0.25, 0.3) is 0 Å². The first-order chi connectivity index (χ1) is 7.78. The predicted octanol–water partition coefficient (Wildman–Crippen LogP) is 3.07. The molecule has 0 saturated carbocycles. The Hall–Kier alpha value is -1.42. The second-order valence-corrected chi connectivity index (χ2v) is 5.06. The number of phenolic OH excluding ortho intramolecular Hbond substituents is 1. The fraction of sp³-hybridized carbons (Fsp3) is 0.417. The summed E-state index contributed by atoms with van der Waals surface area (Å²) in [5.74, 6) is 0.0496. The van der Waals surface area contributed by atoms with Crippen LogP contribution < -0.4 is 5.32 Å². The number of hydrogen-bond donors (Lipinski definition) is 2. The number of phenols is 1. The molecular weight excluding hydrogens is 242 g/mol. The summed E-state index contributed by atoms with van der Waals surface area (Å²) in [6.45, 7) is 5.54. The van der Waals surface area contributed by atoms with E-state index in [1.165, 1.54) is 6.07 Å². The van der Waals surface area contributed by atoms with Gasteiger partial charge >= 0.3 is 6.09 Å². The number of carbonyl (C=O) groups is 1. The van der Waals surface area contributed by atoms with Crippen LogP contribution in [0.1, 0.15) is 26.3 Å². The van der Waals surface area contributed by atoms with Crippen molar-refractivity contribution in [3.63, 3.8) is 0 Å². The van der Waals surface area contributed by atoms with Crippen molar-refractivity contribution in [1.29, 1.82) is 0 Å². The minimum absolute atomic E-state index is 0.0496. The van der Waals surface area contributed by atoms with E-state index in [0.29, 0.717) is 10.6 Å². The van der Waals surface area contributed by atoms with Crippen molar-refractivity contribution in [3.8, 4) is 5.75 Å². The van der Waals surface area contributed by atoms with Crippen molar-refractivity contribution in [1.82, 2.24) is 5.32 Å². The summed E-state index contributed by atoms with van der Waals surface area (Å²) in [6, 6.07) is 4.72. The van der Waals surface area contributed by atoms with E-state index in [4.69, 9.17) is 16.3 Å². The van der Waals surface area contributed by atoms with Gasteiger partial charge in [-0.15, -0.1) is 0 Å². The maximum Gasteiger partial charge on any atom is 0.407 e. The Morgan fingerprint density at radius 3 is 2.65 bits per heavy atom. The van der Waals surface area contributed by atoms with E-state index in [1.54, 1.807) is 32.9 Å². The second kappa shape index (κ2) is 5.27. The number of hydrogen-bond acceptors (Lipinski definition) is 3. The smallest absolute Gasteiger partial charge is 0.407 e. The molecule has 0 atom stereocenters. The molecule has 1 rings (SSSR count). The predicted molar refractivity (Wildman–Crippen MR) is 66.2 cm³/mol. The molecule has 2 N–H and O–H groups in total. The zero-order valence-corrected chi connectivity index (χ0v) is 10.8. The summed E-state index contributed by atoms with van der Waals surface area (Å²) in [7, 11) is 0. The summed E-state index contributed by atoms with van der Waals surface area (Å²) < 4.78 is 5.07. The molecular formula is C12H16ClNO3. The van der Waals surface area contributed by atoms with Crippen LogP contribution in [0.4, 0.5) is 4.79 Å². The molecule has 0 spiro atoms. The lowest BCUT2D eigenvalue weighted by Gasteiger charge is -2.19. The molecule has 0 fully saturated rings. The van der Waals surface area contributed by atoms with Gasteiger partial charge in [-0.25, -0.2) is 4.79 Å². The van der Waals surface area contributed by atoms with E-state index in [-0.39, 0.29) is 12.3 Å². The fourth-order valence-electron chi connectivity index (χ4n) is 1.17. The third-order valence-corrected chi connectivity index (χ3v) is 2.10. The molecule has 0 radical (unpaired) electrons. The Bertz CT molecular complexity index is 413. The van der Waals surface area contributed by atoms with Crippen LogP contribution in [0, 0.1) is 0 Å². The van der Waals surface area contributed by atoms with Crippen LogP contribution in [0.5, 0.6) is 5.75 Å². The maximum atomic E-state index is 11.4. The van der Waals surface area contributed by atoms with Gasteiger partial charge in [0.2, 0.25) is 0 Å². The van der Waals surface area contributed by atoms with Crippen LogP contribution in [-0.2, 0) is 11.3 Å². The number of amides is 1. The molecule has 0 heterocycles. The SMILES string of the molecule is CC(C)(C)OC(=O)NCc1ccc(Cl)cc1O. The van der Waals surface area contributed by atoms with Gasteiger partial charge in [0.05, 0.1) is 0 Å². The first kappa shape index (κ1) is 13.6. The summed E-state index contributed by atoms with van der Waals surface area (Å²) in [5, 5.41) is 12.6. The number of alkyl carbamates (subject to hydrolysis) is 1. The summed E-state index contributed by atoms with van der Waals surface area (Å²) >= 11 is 5.69. The molecule has 1 aromatic carbocycles. The number of rotatable bonds is 2. The van der Waals surface area contributed by atoms with Gasteiger partial charge in [0.15, 0.2) is 0 Å². The molecule has 0 saturated heterocycles. The highest BCUT2D eigenvalue weighted by atomic mass is 35.5. The highest BCUT2D eigenvalue weighted by Gasteiger charge is 2.16. The molecule has 0 aliphatic rings. The Morgan fingerprint density at radius 2 is 2.12 bits per heavy atom. The van der Waals surface area contributed by atoms with Gasteiger partial charge in [-0.3, -0.25) is 0 Å². The first-order valence-electron chi connectivity index (χ1n) is 5.22. The van der Waals surface area contributed by atoms with Gasteiger partial charge in [0.1, 0.15) is 11.4 Å². The van der Waals surface area contributed by atoms with Crippen molar-refractivity contribution in [3.05, 3.63) is 28.8 Å². The first-order valence-corrected chi connectivity index (χ1v) is 5.60. The molecule has 5 heteroatoms. The Morgan fingerprint density at radius 1 is 1.47 bits per heavy atom. The Labute approximate surface area is 106 Å². The molecule has 1 amide bonds. The van der Waals surface area contributed by atoms with E-state index < -0.39 is 11.7 Å². The van der Waals surface area contributed by atoms with Gasteiger partial charge in [0.25, 0.3) is 0 Å². The molecule has 94 valence electrons. The van der Waals surface area contributed by atoms with Crippen LogP contribution in [0.3, 0.4) is 0 Å². The molecule has 4 nitrogen and oxygen atoms in total. The standard InChI is InChI=1S/C12H16ClNO3/c1-12(2,3)17-11(16)14-7-8-4-5-9(13)6-10(8)15/h4-6,15H,7H2,1-3H3,(H,14,16). The van der Waals surface area contributed by atoms with Crippen LogP contribution >= 0.6 is 11.6 Å². The topological polar surface area (TPSA) is 58.6 Å². The third kappa shape index (κ3) is 4.95. The maximum absolute atomic E-state index is 11.4. The molecule has 0 aliphatic carbocycles. The minimum Gasteiger partial charge on any atom is -0.508 e. The molecule has 0 aliphatic heterocycles. The van der Waals surface area contributed by atoms with Gasteiger partial charge < -0.3 is 15.2 Å². The highest BCUT2D eigenvalue weighted by molar-refractivity contribution is 6.30. The summed E-state index contributed by atoms with van der Waals surface area (Å²) in [5.41, 5.74) is 0.0480. The minimum atomic E-state index is -0.536. The van der Waals surface area contributed by atoms with Gasteiger partial charge in [-0.1, -0.05) is 17.7 Å². The van der Waals surface area contributed by atoms with E-state index in [9.17, 15) is 9.90 Å². The van der Waals surface area contributed by atoms with E-state index >= 15 is 0 Å². The van der Waals surface area contributed by atoms with Crippen molar-refractivity contribution in [2.24, 2.45) is 0 Å². The molecule has 0 aromatic heterocycles. The van der Waals surface area contributed by atoms with E-state index in [2.05, 4.69) is 5.32 Å². The Kier molecular flexibility index (Phi) is 4.23. The molecule has 17 heavy (non-hydrogen) atoms. The zero-order valence-electron chi connectivity index (χ0n) is 10.1. The van der Waals surface area contributed by atoms with E-state index in [1.807, 2.05) is 0 Å². The number of aromatic hydroxyl groups is 1. The van der Waals surface area contributed by atoms with Crippen LogP contribution in [-0.4, -0.2) is 16.8 Å². The van der Waals surface area contributed by atoms with Gasteiger partial charge in [-0.05, 0) is 32.9 Å². The number of ether oxygens (including phenoxy) is 1. The van der Waals surface area contributed by atoms with Gasteiger partial charge in [0, 0.05) is 17.1 Å². The Balaban J connectivity index is 2.53. The lowest BCUT2D eigenvalue weighted by atomic mass is 10.2. The average Bonchev–Trinajstić information content (AvgIpc) is 2.13. The number of benzene rings is 1. The third-order valence-electron chi connectivity index (χ3n) is 1.87. The monoisotopic (exact) mass is 257 g/mol. The number of nitrogens with one attached hydrogen (secondary N) is 1. The van der Waals surface area contributed by atoms with Crippen molar-refractivity contribution < 1.29 is 14.6 Å². The summed E-state index contributed by atoms with van der Waals surface area (Å²) in [4.78, 5) is 11.4. The highest BCUT2D eigenvalue weighted by Crippen LogP contribution is 2.21. The zero-order chi connectivity index (χ0) is 13.1. The van der Waals surface area contributed by atoms with Crippen LogP contribution in [0.15, 0.2) is 18.2 Å². The normalized spacial score (nSPS) is 11.1. The average molecular weight is 258 g/mol. The van der Waals surface area contributed by atoms with Crippen LogP contribution in [0.2, 0.25) is 5.02 Å². The molecule has 0 bridgehead atoms. The summed E-state index contributed by atoms with van der Waals surface area (Å²) in [6.07, 6.45) is -0.521. The molecule has 1 aromatic rings. The lowest BCUT2D eigenvalue weighted by Crippen LogP contribution is -2.32. The van der Waals surface area contributed by atoms with Gasteiger partial charge in [-0.2, -0.15) is 0 Å². The quantitative estimate of drug-likeness (QED) is 0.856. The van der Waals surface area contributed by atoms with Crippen molar-refractivity contribution in [2.75, 3.05) is 0 Å². The lowest BCUT2D eigenvalue weighted by molar-refractivity contribution is 0.0523. The fourth-order valence-corrected chi connectivity index (χ4v) is 1.33.